The van der Waals surface area contributed by atoms with E-state index in [0.29, 0.717) is 5.92 Å². The first-order chi connectivity index (χ1) is 7.49. The SMILES string of the molecule is CC(C)C(C)Oc1ccc(CC(=O)O)cc1. The molecule has 3 heteroatoms. The van der Waals surface area contributed by atoms with E-state index in [0.717, 1.165) is 11.3 Å². The lowest BCUT2D eigenvalue weighted by molar-refractivity contribution is -0.136. The van der Waals surface area contributed by atoms with Crippen LogP contribution >= 0.6 is 0 Å². The summed E-state index contributed by atoms with van der Waals surface area (Å²) >= 11 is 0. The molecule has 0 fully saturated rings. The van der Waals surface area contributed by atoms with Gasteiger partial charge in [-0.3, -0.25) is 4.79 Å². The smallest absolute Gasteiger partial charge is 0.307 e. The summed E-state index contributed by atoms with van der Waals surface area (Å²) < 4.78 is 5.69. The van der Waals surface area contributed by atoms with Crippen molar-refractivity contribution in [2.45, 2.75) is 33.3 Å². The van der Waals surface area contributed by atoms with Gasteiger partial charge in [0.25, 0.3) is 0 Å². The molecule has 0 aromatic heterocycles. The van der Waals surface area contributed by atoms with E-state index in [1.165, 1.54) is 0 Å². The molecule has 0 bridgehead atoms. The first-order valence-electron chi connectivity index (χ1n) is 5.46. The molecule has 0 aliphatic rings. The molecule has 1 N–H and O–H groups in total. The zero-order valence-electron chi connectivity index (χ0n) is 9.93. The Bertz CT molecular complexity index is 341. The van der Waals surface area contributed by atoms with Crippen LogP contribution in [0.5, 0.6) is 5.75 Å². The highest BCUT2D eigenvalue weighted by molar-refractivity contribution is 5.70. The van der Waals surface area contributed by atoms with Crippen LogP contribution in [0.2, 0.25) is 0 Å². The van der Waals surface area contributed by atoms with E-state index in [1.807, 2.05) is 19.1 Å². The number of carboxylic acid groups (broad SMARTS) is 1. The molecule has 0 radical (unpaired) electrons. The third kappa shape index (κ3) is 3.93. The number of aliphatic carboxylic acids is 1. The molecule has 0 amide bonds. The maximum Gasteiger partial charge on any atom is 0.307 e. The summed E-state index contributed by atoms with van der Waals surface area (Å²) in [6.07, 6.45) is 0.213. The number of benzene rings is 1. The van der Waals surface area contributed by atoms with Gasteiger partial charge in [-0.1, -0.05) is 26.0 Å². The van der Waals surface area contributed by atoms with Crippen molar-refractivity contribution in [3.8, 4) is 5.75 Å². The summed E-state index contributed by atoms with van der Waals surface area (Å²) in [6, 6.07) is 7.21. The predicted octanol–water partition coefficient (Wildman–Crippen LogP) is 2.74. The van der Waals surface area contributed by atoms with Crippen LogP contribution in [-0.2, 0) is 11.2 Å². The second-order valence-corrected chi connectivity index (χ2v) is 4.28. The molecule has 0 saturated heterocycles. The van der Waals surface area contributed by atoms with Gasteiger partial charge in [0.15, 0.2) is 0 Å². The zero-order valence-corrected chi connectivity index (χ0v) is 9.93. The monoisotopic (exact) mass is 222 g/mol. The summed E-state index contributed by atoms with van der Waals surface area (Å²) in [6.45, 7) is 6.22. The van der Waals surface area contributed by atoms with Crippen LogP contribution < -0.4 is 4.74 Å². The van der Waals surface area contributed by atoms with Crippen LogP contribution in [0.1, 0.15) is 26.3 Å². The summed E-state index contributed by atoms with van der Waals surface area (Å²) in [7, 11) is 0. The molecule has 1 atom stereocenters. The molecule has 0 aliphatic carbocycles. The Hall–Kier alpha value is -1.51. The maximum absolute atomic E-state index is 10.5. The fraction of sp³-hybridized carbons (Fsp3) is 0.462. The average Bonchev–Trinajstić information content (AvgIpc) is 2.20. The summed E-state index contributed by atoms with van der Waals surface area (Å²) in [5.41, 5.74) is 0.789. The Kier molecular flexibility index (Phi) is 4.35. The van der Waals surface area contributed by atoms with Crippen LogP contribution in [0.4, 0.5) is 0 Å². The van der Waals surface area contributed by atoms with Gasteiger partial charge in [-0.25, -0.2) is 0 Å². The van der Waals surface area contributed by atoms with Crippen molar-refractivity contribution in [2.75, 3.05) is 0 Å². The lowest BCUT2D eigenvalue weighted by Gasteiger charge is -2.18. The fourth-order valence-corrected chi connectivity index (χ4v) is 1.21. The number of rotatable bonds is 5. The minimum Gasteiger partial charge on any atom is -0.490 e. The van der Waals surface area contributed by atoms with Gasteiger partial charge in [0.2, 0.25) is 0 Å². The van der Waals surface area contributed by atoms with Gasteiger partial charge in [-0.05, 0) is 30.5 Å². The second-order valence-electron chi connectivity index (χ2n) is 4.28. The lowest BCUT2D eigenvalue weighted by atomic mass is 10.1. The molecule has 1 aromatic rings. The third-order valence-corrected chi connectivity index (χ3v) is 2.54. The van der Waals surface area contributed by atoms with E-state index in [1.54, 1.807) is 12.1 Å². The van der Waals surface area contributed by atoms with Gasteiger partial charge in [-0.15, -0.1) is 0 Å². The highest BCUT2D eigenvalue weighted by Crippen LogP contribution is 2.16. The minimum atomic E-state index is -0.816. The topological polar surface area (TPSA) is 46.5 Å². The quantitative estimate of drug-likeness (QED) is 0.833. The van der Waals surface area contributed by atoms with E-state index in [4.69, 9.17) is 9.84 Å². The van der Waals surface area contributed by atoms with E-state index in [9.17, 15) is 4.79 Å². The van der Waals surface area contributed by atoms with Crippen LogP contribution in [0.3, 0.4) is 0 Å². The molecule has 3 nitrogen and oxygen atoms in total. The van der Waals surface area contributed by atoms with Crippen LogP contribution in [0.25, 0.3) is 0 Å². The van der Waals surface area contributed by atoms with Crippen molar-refractivity contribution in [2.24, 2.45) is 5.92 Å². The Morgan fingerprint density at radius 2 is 1.81 bits per heavy atom. The Balaban J connectivity index is 2.61. The van der Waals surface area contributed by atoms with Crippen molar-refractivity contribution < 1.29 is 14.6 Å². The van der Waals surface area contributed by atoms with Gasteiger partial charge < -0.3 is 9.84 Å². The number of hydrogen-bond acceptors (Lipinski definition) is 2. The number of carboxylic acids is 1. The fourth-order valence-electron chi connectivity index (χ4n) is 1.21. The van der Waals surface area contributed by atoms with E-state index < -0.39 is 5.97 Å². The highest BCUT2D eigenvalue weighted by atomic mass is 16.5. The molecule has 16 heavy (non-hydrogen) atoms. The molecule has 0 saturated carbocycles. The average molecular weight is 222 g/mol. The Labute approximate surface area is 96.1 Å². The number of carbonyl (C=O) groups is 1. The van der Waals surface area contributed by atoms with Crippen molar-refractivity contribution in [1.82, 2.24) is 0 Å². The maximum atomic E-state index is 10.5. The third-order valence-electron chi connectivity index (χ3n) is 2.54. The van der Waals surface area contributed by atoms with Crippen LogP contribution in [-0.4, -0.2) is 17.2 Å². The standard InChI is InChI=1S/C13H18O3/c1-9(2)10(3)16-12-6-4-11(5-7-12)8-13(14)15/h4-7,9-10H,8H2,1-3H3,(H,14,15). The molecule has 1 unspecified atom stereocenters. The molecule has 1 rings (SSSR count). The van der Waals surface area contributed by atoms with Gasteiger partial charge in [0.1, 0.15) is 5.75 Å². The van der Waals surface area contributed by atoms with Gasteiger partial charge in [0, 0.05) is 0 Å². The molecule has 88 valence electrons. The summed E-state index contributed by atoms with van der Waals surface area (Å²) in [5.74, 6) is 0.429. The van der Waals surface area contributed by atoms with Gasteiger partial charge in [0.05, 0.1) is 12.5 Å². The van der Waals surface area contributed by atoms with Gasteiger partial charge in [-0.2, -0.15) is 0 Å². The molecule has 0 heterocycles. The first kappa shape index (κ1) is 12.6. The van der Waals surface area contributed by atoms with E-state index >= 15 is 0 Å². The summed E-state index contributed by atoms with van der Waals surface area (Å²) in [4.78, 5) is 10.5. The van der Waals surface area contributed by atoms with Crippen LogP contribution in [0.15, 0.2) is 24.3 Å². The normalized spacial score (nSPS) is 12.5. The minimum absolute atomic E-state index is 0.0556. The Morgan fingerprint density at radius 3 is 2.25 bits per heavy atom. The molecule has 0 spiro atoms. The predicted molar refractivity (Wildman–Crippen MR) is 62.7 cm³/mol. The number of ether oxygens (including phenoxy) is 1. The van der Waals surface area contributed by atoms with Crippen molar-refractivity contribution >= 4 is 5.97 Å². The Morgan fingerprint density at radius 1 is 1.25 bits per heavy atom. The molecule has 0 aliphatic heterocycles. The number of hydrogen-bond donors (Lipinski definition) is 1. The van der Waals surface area contributed by atoms with Crippen LogP contribution in [0, 0.1) is 5.92 Å². The van der Waals surface area contributed by atoms with Crippen molar-refractivity contribution in [3.63, 3.8) is 0 Å². The zero-order chi connectivity index (χ0) is 12.1. The van der Waals surface area contributed by atoms with Crippen molar-refractivity contribution in [3.05, 3.63) is 29.8 Å². The molecular formula is C13H18O3. The van der Waals surface area contributed by atoms with Gasteiger partial charge >= 0.3 is 5.97 Å². The van der Waals surface area contributed by atoms with E-state index in [-0.39, 0.29) is 12.5 Å². The highest BCUT2D eigenvalue weighted by Gasteiger charge is 2.08. The van der Waals surface area contributed by atoms with Crippen molar-refractivity contribution in [1.29, 1.82) is 0 Å². The summed E-state index contributed by atoms with van der Waals surface area (Å²) in [5, 5.41) is 8.62. The molecular weight excluding hydrogens is 204 g/mol. The largest absolute Gasteiger partial charge is 0.490 e. The first-order valence-corrected chi connectivity index (χ1v) is 5.46. The van der Waals surface area contributed by atoms with E-state index in [2.05, 4.69) is 13.8 Å². The lowest BCUT2D eigenvalue weighted by Crippen LogP contribution is -2.18. The second kappa shape index (κ2) is 5.54. The molecule has 1 aromatic carbocycles.